The van der Waals surface area contributed by atoms with E-state index in [1.54, 1.807) is 7.05 Å². The Morgan fingerprint density at radius 1 is 1.17 bits per heavy atom. The van der Waals surface area contributed by atoms with Crippen LogP contribution in [-0.2, 0) is 16.0 Å². The molecule has 0 heterocycles. The summed E-state index contributed by atoms with van der Waals surface area (Å²) >= 11 is 0. The lowest BCUT2D eigenvalue weighted by molar-refractivity contribution is -0.142. The molecule has 1 amide bonds. The Labute approximate surface area is 109 Å². The second-order valence-corrected chi connectivity index (χ2v) is 4.93. The first-order valence-corrected chi connectivity index (χ1v) is 6.26. The highest BCUT2D eigenvalue weighted by Gasteiger charge is 2.13. The van der Waals surface area contributed by atoms with E-state index in [9.17, 15) is 9.59 Å². The molecule has 98 valence electrons. The van der Waals surface area contributed by atoms with Gasteiger partial charge in [0, 0.05) is 20.5 Å². The molecule has 18 heavy (non-hydrogen) atoms. The number of carbonyl (C=O) groups is 2. The number of hydrogen-bond acceptors (Lipinski definition) is 2. The van der Waals surface area contributed by atoms with E-state index < -0.39 is 11.7 Å². The molecule has 1 aromatic carbocycles. The Morgan fingerprint density at radius 3 is 2.17 bits per heavy atom. The third-order valence-corrected chi connectivity index (χ3v) is 3.03. The summed E-state index contributed by atoms with van der Waals surface area (Å²) in [5.74, 6) is -0.303. The summed E-state index contributed by atoms with van der Waals surface area (Å²) in [7, 11) is 1.66. The molecule has 0 radical (unpaired) electrons. The highest BCUT2D eigenvalue weighted by molar-refractivity contribution is 6.34. The van der Waals surface area contributed by atoms with Crippen molar-refractivity contribution < 1.29 is 9.59 Å². The van der Waals surface area contributed by atoms with Crippen LogP contribution in [0.5, 0.6) is 0 Å². The maximum absolute atomic E-state index is 11.4. The Hall–Kier alpha value is -1.64. The van der Waals surface area contributed by atoms with Gasteiger partial charge in [-0.05, 0) is 23.5 Å². The fraction of sp³-hybridized carbons (Fsp3) is 0.467. The van der Waals surface area contributed by atoms with E-state index in [-0.39, 0.29) is 0 Å². The van der Waals surface area contributed by atoms with Crippen LogP contribution in [-0.4, -0.2) is 30.2 Å². The monoisotopic (exact) mass is 247 g/mol. The van der Waals surface area contributed by atoms with Crippen LogP contribution in [0.3, 0.4) is 0 Å². The van der Waals surface area contributed by atoms with Gasteiger partial charge < -0.3 is 4.90 Å². The van der Waals surface area contributed by atoms with Crippen molar-refractivity contribution in [2.75, 3.05) is 13.6 Å². The van der Waals surface area contributed by atoms with Crippen molar-refractivity contribution in [3.63, 3.8) is 0 Å². The minimum absolute atomic E-state index is 0.410. The number of ketones is 1. The summed E-state index contributed by atoms with van der Waals surface area (Å²) in [5.41, 5.74) is 2.49. The van der Waals surface area contributed by atoms with Crippen molar-refractivity contribution in [1.82, 2.24) is 4.90 Å². The molecule has 0 bridgehead atoms. The fourth-order valence-corrected chi connectivity index (χ4v) is 1.74. The zero-order chi connectivity index (χ0) is 13.7. The SMILES string of the molecule is CC(=O)C(=O)N(C)CCc1ccc(C(C)C)cc1. The van der Waals surface area contributed by atoms with Crippen molar-refractivity contribution in [2.45, 2.75) is 33.1 Å². The Bertz CT molecular complexity index is 421. The number of nitrogens with zero attached hydrogens (tertiary/aromatic N) is 1. The van der Waals surface area contributed by atoms with Crippen molar-refractivity contribution in [3.8, 4) is 0 Å². The number of benzene rings is 1. The molecule has 0 N–H and O–H groups in total. The standard InChI is InChI=1S/C15H21NO2/c1-11(2)14-7-5-13(6-8-14)9-10-16(4)15(18)12(3)17/h5-8,11H,9-10H2,1-4H3. The first-order chi connectivity index (χ1) is 8.41. The van der Waals surface area contributed by atoms with E-state index in [0.717, 1.165) is 6.42 Å². The van der Waals surface area contributed by atoms with Gasteiger partial charge in [-0.25, -0.2) is 0 Å². The molecular weight excluding hydrogens is 226 g/mol. The smallest absolute Gasteiger partial charge is 0.289 e. The largest absolute Gasteiger partial charge is 0.339 e. The van der Waals surface area contributed by atoms with Gasteiger partial charge in [-0.1, -0.05) is 38.1 Å². The van der Waals surface area contributed by atoms with Gasteiger partial charge in [0.1, 0.15) is 0 Å². The van der Waals surface area contributed by atoms with Crippen LogP contribution in [0.25, 0.3) is 0 Å². The normalized spacial score (nSPS) is 10.5. The lowest BCUT2D eigenvalue weighted by Gasteiger charge is -2.15. The predicted octanol–water partition coefficient (Wildman–Crippen LogP) is 2.40. The highest BCUT2D eigenvalue weighted by Crippen LogP contribution is 2.14. The summed E-state index contributed by atoms with van der Waals surface area (Å²) in [4.78, 5) is 23.8. The first-order valence-electron chi connectivity index (χ1n) is 6.26. The van der Waals surface area contributed by atoms with Gasteiger partial charge >= 0.3 is 0 Å². The van der Waals surface area contributed by atoms with Crippen LogP contribution in [0, 0.1) is 0 Å². The second kappa shape index (κ2) is 6.34. The molecule has 0 aliphatic rings. The van der Waals surface area contributed by atoms with Crippen LogP contribution in [0.15, 0.2) is 24.3 Å². The Morgan fingerprint density at radius 2 is 1.72 bits per heavy atom. The van der Waals surface area contributed by atoms with Crippen molar-refractivity contribution in [1.29, 1.82) is 0 Å². The number of rotatable bonds is 5. The minimum Gasteiger partial charge on any atom is -0.339 e. The molecule has 0 atom stereocenters. The number of hydrogen-bond donors (Lipinski definition) is 0. The third kappa shape index (κ3) is 3.99. The molecule has 1 aromatic rings. The maximum atomic E-state index is 11.4. The molecule has 1 rings (SSSR count). The predicted molar refractivity (Wildman–Crippen MR) is 72.6 cm³/mol. The van der Waals surface area contributed by atoms with E-state index in [1.807, 2.05) is 0 Å². The minimum atomic E-state index is -0.422. The molecule has 3 nitrogen and oxygen atoms in total. The van der Waals surface area contributed by atoms with Gasteiger partial charge in [0.25, 0.3) is 5.91 Å². The summed E-state index contributed by atoms with van der Waals surface area (Å²) in [6, 6.07) is 8.41. The van der Waals surface area contributed by atoms with E-state index in [1.165, 1.54) is 23.0 Å². The van der Waals surface area contributed by atoms with Crippen LogP contribution >= 0.6 is 0 Å². The molecule has 0 aliphatic heterocycles. The topological polar surface area (TPSA) is 37.4 Å². The zero-order valence-electron chi connectivity index (χ0n) is 11.6. The van der Waals surface area contributed by atoms with Crippen molar-refractivity contribution in [2.24, 2.45) is 0 Å². The van der Waals surface area contributed by atoms with Crippen molar-refractivity contribution >= 4 is 11.7 Å². The zero-order valence-corrected chi connectivity index (χ0v) is 11.6. The summed E-state index contributed by atoms with van der Waals surface area (Å²) in [6.45, 7) is 6.19. The molecule has 0 saturated carbocycles. The fourth-order valence-electron chi connectivity index (χ4n) is 1.74. The van der Waals surface area contributed by atoms with Crippen molar-refractivity contribution in [3.05, 3.63) is 35.4 Å². The van der Waals surface area contributed by atoms with Gasteiger partial charge in [-0.15, -0.1) is 0 Å². The Kier molecular flexibility index (Phi) is 5.08. The molecule has 0 saturated heterocycles. The van der Waals surface area contributed by atoms with Gasteiger partial charge in [-0.2, -0.15) is 0 Å². The number of Topliss-reactive ketones (excluding diaryl/α,β-unsaturated/α-hetero) is 1. The summed E-state index contributed by atoms with van der Waals surface area (Å²) in [5, 5.41) is 0. The number of carbonyl (C=O) groups excluding carboxylic acids is 2. The number of likely N-dealkylation sites (N-methyl/N-ethyl adjacent to an activating group) is 1. The quantitative estimate of drug-likeness (QED) is 0.749. The van der Waals surface area contributed by atoms with Crippen LogP contribution in [0.4, 0.5) is 0 Å². The summed E-state index contributed by atoms with van der Waals surface area (Å²) < 4.78 is 0. The van der Waals surface area contributed by atoms with E-state index in [2.05, 4.69) is 38.1 Å². The Balaban J connectivity index is 2.53. The van der Waals surface area contributed by atoms with Gasteiger partial charge in [0.2, 0.25) is 5.78 Å². The molecule has 0 fully saturated rings. The van der Waals surface area contributed by atoms with E-state index in [0.29, 0.717) is 12.5 Å². The molecule has 0 unspecified atom stereocenters. The van der Waals surface area contributed by atoms with Gasteiger partial charge in [0.15, 0.2) is 0 Å². The second-order valence-electron chi connectivity index (χ2n) is 4.93. The molecule has 0 spiro atoms. The lowest BCUT2D eigenvalue weighted by Crippen LogP contribution is -2.33. The number of amides is 1. The first kappa shape index (κ1) is 14.4. The molecule has 3 heteroatoms. The third-order valence-electron chi connectivity index (χ3n) is 3.03. The highest BCUT2D eigenvalue weighted by atomic mass is 16.2. The van der Waals surface area contributed by atoms with Crippen LogP contribution < -0.4 is 0 Å². The molecule has 0 aliphatic carbocycles. The van der Waals surface area contributed by atoms with Crippen LogP contribution in [0.1, 0.15) is 37.8 Å². The van der Waals surface area contributed by atoms with Crippen LogP contribution in [0.2, 0.25) is 0 Å². The lowest BCUT2D eigenvalue weighted by atomic mass is 10.0. The maximum Gasteiger partial charge on any atom is 0.289 e. The summed E-state index contributed by atoms with van der Waals surface area (Å²) in [6.07, 6.45) is 0.772. The van der Waals surface area contributed by atoms with E-state index >= 15 is 0 Å². The van der Waals surface area contributed by atoms with E-state index in [4.69, 9.17) is 0 Å². The average molecular weight is 247 g/mol. The van der Waals surface area contributed by atoms with Gasteiger partial charge in [0.05, 0.1) is 0 Å². The molecule has 0 aromatic heterocycles. The average Bonchev–Trinajstić information content (AvgIpc) is 2.35. The van der Waals surface area contributed by atoms with Gasteiger partial charge in [-0.3, -0.25) is 9.59 Å². The molecular formula is C15H21NO2.